The normalized spacial score (nSPS) is 14.4. The van der Waals surface area contributed by atoms with Gasteiger partial charge < -0.3 is 25.0 Å². The number of piperazine rings is 1. The zero-order valence-electron chi connectivity index (χ0n) is 17.5. The molecule has 0 unspecified atom stereocenters. The summed E-state index contributed by atoms with van der Waals surface area (Å²) < 4.78 is 18.9. The molecule has 0 amide bonds. The Balaban J connectivity index is 0.00000320. The van der Waals surface area contributed by atoms with Crippen molar-refractivity contribution >= 4 is 35.6 Å². The molecule has 164 valence electrons. The lowest BCUT2D eigenvalue weighted by molar-refractivity contribution is 0.181. The van der Waals surface area contributed by atoms with Gasteiger partial charge in [0, 0.05) is 45.4 Å². The molecule has 0 atom stereocenters. The molecule has 3 rings (SSSR count). The van der Waals surface area contributed by atoms with E-state index in [-0.39, 0.29) is 36.4 Å². The number of guanidine groups is 1. The van der Waals surface area contributed by atoms with Crippen LogP contribution in [-0.2, 0) is 17.9 Å². The summed E-state index contributed by atoms with van der Waals surface area (Å²) in [5, 5.41) is 13.4. The van der Waals surface area contributed by atoms with Crippen LogP contribution in [0.3, 0.4) is 0 Å². The molecule has 0 bridgehead atoms. The zero-order chi connectivity index (χ0) is 20.6. The van der Waals surface area contributed by atoms with E-state index in [2.05, 4.69) is 15.1 Å². The molecule has 1 aliphatic rings. The molecule has 0 spiro atoms. The number of methoxy groups -OCH3 is 1. The van der Waals surface area contributed by atoms with E-state index in [1.807, 2.05) is 31.2 Å². The van der Waals surface area contributed by atoms with Crippen molar-refractivity contribution in [3.05, 3.63) is 59.4 Å². The number of benzene rings is 2. The number of hydrogen-bond acceptors (Lipinski definition) is 4. The molecule has 1 fully saturated rings. The zero-order valence-corrected chi connectivity index (χ0v) is 19.8. The summed E-state index contributed by atoms with van der Waals surface area (Å²) in [4.78, 5) is 9.16. The first-order valence-electron chi connectivity index (χ1n) is 9.94. The number of aromatic hydroxyl groups is 1. The minimum atomic E-state index is -0.258. The van der Waals surface area contributed by atoms with Gasteiger partial charge in [-0.2, -0.15) is 0 Å². The van der Waals surface area contributed by atoms with Crippen LogP contribution >= 0.6 is 24.0 Å². The monoisotopic (exact) mass is 528 g/mol. The van der Waals surface area contributed by atoms with E-state index in [4.69, 9.17) is 9.73 Å². The molecule has 2 aromatic rings. The SMILES string of the molecule is CCNC(=NCc1ccc(F)c(COC)c1)N1CCN(c2ccccc2O)CC1.I. The highest BCUT2D eigenvalue weighted by molar-refractivity contribution is 14.0. The van der Waals surface area contributed by atoms with Gasteiger partial charge in [0.05, 0.1) is 18.8 Å². The molecule has 8 heteroatoms. The minimum absolute atomic E-state index is 0. The highest BCUT2D eigenvalue weighted by Gasteiger charge is 2.21. The summed E-state index contributed by atoms with van der Waals surface area (Å²) in [7, 11) is 1.56. The van der Waals surface area contributed by atoms with Gasteiger partial charge in [0.25, 0.3) is 0 Å². The number of para-hydroxylation sites is 2. The Kier molecular flexibility index (Phi) is 9.64. The molecule has 2 N–H and O–H groups in total. The van der Waals surface area contributed by atoms with Crippen molar-refractivity contribution in [2.24, 2.45) is 4.99 Å². The average Bonchev–Trinajstić information content (AvgIpc) is 2.74. The molecule has 2 aromatic carbocycles. The van der Waals surface area contributed by atoms with Crippen LogP contribution in [-0.4, -0.2) is 55.8 Å². The molecule has 30 heavy (non-hydrogen) atoms. The molecule has 0 saturated carbocycles. The standard InChI is InChI=1S/C22H29FN4O2.HI/c1-3-24-22(25-15-17-8-9-19(23)18(14-17)16-29-2)27-12-10-26(11-13-27)20-6-4-5-7-21(20)28;/h4-9,14,28H,3,10-13,15-16H2,1-2H3,(H,24,25);1H. The number of ether oxygens (including phenoxy) is 1. The van der Waals surface area contributed by atoms with Gasteiger partial charge >= 0.3 is 0 Å². The van der Waals surface area contributed by atoms with Gasteiger partial charge in [-0.15, -0.1) is 24.0 Å². The minimum Gasteiger partial charge on any atom is -0.506 e. The lowest BCUT2D eigenvalue weighted by atomic mass is 10.1. The number of anilines is 1. The number of aliphatic imine (C=N–C) groups is 1. The fourth-order valence-corrected chi connectivity index (χ4v) is 3.48. The first-order chi connectivity index (χ1) is 14.1. The summed E-state index contributed by atoms with van der Waals surface area (Å²) in [6, 6.07) is 12.5. The fraction of sp³-hybridized carbons (Fsp3) is 0.409. The topological polar surface area (TPSA) is 60.3 Å². The Morgan fingerprint density at radius 3 is 2.57 bits per heavy atom. The highest BCUT2D eigenvalue weighted by atomic mass is 127. The van der Waals surface area contributed by atoms with E-state index in [9.17, 15) is 9.50 Å². The quantitative estimate of drug-likeness (QED) is 0.341. The van der Waals surface area contributed by atoms with Crippen LogP contribution in [0.2, 0.25) is 0 Å². The Hall–Kier alpha value is -2.07. The Morgan fingerprint density at radius 1 is 1.17 bits per heavy atom. The third kappa shape index (κ3) is 6.21. The van der Waals surface area contributed by atoms with E-state index in [1.54, 1.807) is 19.2 Å². The number of halogens is 2. The highest BCUT2D eigenvalue weighted by Crippen LogP contribution is 2.27. The van der Waals surface area contributed by atoms with Crippen LogP contribution in [0, 0.1) is 5.82 Å². The number of nitrogens with zero attached hydrogens (tertiary/aromatic N) is 3. The first kappa shape index (κ1) is 24.2. The summed E-state index contributed by atoms with van der Waals surface area (Å²) in [5.41, 5.74) is 2.36. The van der Waals surface area contributed by atoms with Crippen LogP contribution in [0.15, 0.2) is 47.5 Å². The first-order valence-corrected chi connectivity index (χ1v) is 9.94. The maximum absolute atomic E-state index is 13.8. The molecule has 1 heterocycles. The van der Waals surface area contributed by atoms with E-state index >= 15 is 0 Å². The van der Waals surface area contributed by atoms with Crippen molar-refractivity contribution < 1.29 is 14.2 Å². The second kappa shape index (κ2) is 11.9. The maximum atomic E-state index is 13.8. The van der Waals surface area contributed by atoms with E-state index < -0.39 is 0 Å². The van der Waals surface area contributed by atoms with Crippen molar-refractivity contribution in [2.75, 3.05) is 44.7 Å². The lowest BCUT2D eigenvalue weighted by Crippen LogP contribution is -2.52. The molecular weight excluding hydrogens is 498 g/mol. The van der Waals surface area contributed by atoms with Crippen LogP contribution in [0.25, 0.3) is 0 Å². The summed E-state index contributed by atoms with van der Waals surface area (Å²) in [6.45, 7) is 6.75. The predicted molar refractivity (Wildman–Crippen MR) is 129 cm³/mol. The van der Waals surface area contributed by atoms with Crippen LogP contribution < -0.4 is 10.2 Å². The smallest absolute Gasteiger partial charge is 0.194 e. The molecule has 0 aromatic heterocycles. The van der Waals surface area contributed by atoms with Crippen molar-refractivity contribution in [3.63, 3.8) is 0 Å². The summed E-state index contributed by atoms with van der Waals surface area (Å²) >= 11 is 0. The third-order valence-electron chi connectivity index (χ3n) is 4.96. The third-order valence-corrected chi connectivity index (χ3v) is 4.96. The van der Waals surface area contributed by atoms with Gasteiger partial charge in [0.15, 0.2) is 5.96 Å². The number of phenols is 1. The molecule has 6 nitrogen and oxygen atoms in total. The van der Waals surface area contributed by atoms with E-state index in [0.717, 1.165) is 49.9 Å². The number of nitrogens with one attached hydrogen (secondary N) is 1. The second-order valence-electron chi connectivity index (χ2n) is 6.99. The molecule has 1 aliphatic heterocycles. The van der Waals surface area contributed by atoms with Crippen LogP contribution in [0.1, 0.15) is 18.1 Å². The number of hydrogen-bond donors (Lipinski definition) is 2. The van der Waals surface area contributed by atoms with E-state index in [0.29, 0.717) is 17.9 Å². The summed E-state index contributed by atoms with van der Waals surface area (Å²) in [6.07, 6.45) is 0. The van der Waals surface area contributed by atoms with Gasteiger partial charge in [-0.25, -0.2) is 9.38 Å². The van der Waals surface area contributed by atoms with Crippen molar-refractivity contribution in [2.45, 2.75) is 20.1 Å². The lowest BCUT2D eigenvalue weighted by Gasteiger charge is -2.37. The van der Waals surface area contributed by atoms with Crippen LogP contribution in [0.5, 0.6) is 5.75 Å². The Labute approximate surface area is 194 Å². The molecule has 0 aliphatic carbocycles. The predicted octanol–water partition coefficient (Wildman–Crippen LogP) is 3.58. The molecular formula is C22H30FIN4O2. The Bertz CT molecular complexity index is 842. The average molecular weight is 528 g/mol. The van der Waals surface area contributed by atoms with Crippen LogP contribution in [0.4, 0.5) is 10.1 Å². The van der Waals surface area contributed by atoms with Crippen molar-refractivity contribution in [1.82, 2.24) is 10.2 Å². The fourth-order valence-electron chi connectivity index (χ4n) is 3.48. The van der Waals surface area contributed by atoms with Crippen molar-refractivity contribution in [3.8, 4) is 5.75 Å². The van der Waals surface area contributed by atoms with Gasteiger partial charge in [-0.1, -0.05) is 18.2 Å². The second-order valence-corrected chi connectivity index (χ2v) is 6.99. The maximum Gasteiger partial charge on any atom is 0.194 e. The number of phenolic OH excluding ortho intramolecular Hbond substituents is 1. The summed E-state index contributed by atoms with van der Waals surface area (Å²) in [5.74, 6) is 0.901. The molecule has 0 radical (unpaired) electrons. The van der Waals surface area contributed by atoms with E-state index in [1.165, 1.54) is 6.07 Å². The van der Waals surface area contributed by atoms with Gasteiger partial charge in [0.1, 0.15) is 11.6 Å². The Morgan fingerprint density at radius 2 is 1.90 bits per heavy atom. The van der Waals surface area contributed by atoms with Crippen molar-refractivity contribution in [1.29, 1.82) is 0 Å². The van der Waals surface area contributed by atoms with Gasteiger partial charge in [-0.3, -0.25) is 0 Å². The van der Waals surface area contributed by atoms with Gasteiger partial charge in [-0.05, 0) is 36.8 Å². The number of rotatable bonds is 6. The molecule has 1 saturated heterocycles. The largest absolute Gasteiger partial charge is 0.506 e. The van der Waals surface area contributed by atoms with Gasteiger partial charge in [0.2, 0.25) is 0 Å².